The van der Waals surface area contributed by atoms with E-state index in [-0.39, 0.29) is 12.1 Å². The molecule has 1 aliphatic heterocycles. The number of aryl methyl sites for hydroxylation is 1. The minimum absolute atomic E-state index is 0.0517. The standard InChI is InChI=1S/C25H29N3O2/c1-3-30-17-9-15-26-25(29)28-18-20-11-5-7-13-22(20)27-16-8-14-23(27)24(28)21-12-6-4-10-19(21)2/h4-8,10-14,16,24H,3,9,15,17-18H2,1-2H3,(H,26,29)/t24-/m0/s1. The van der Waals surface area contributed by atoms with E-state index in [0.717, 1.165) is 28.9 Å². The normalized spacial score (nSPS) is 15.3. The second kappa shape index (κ2) is 9.18. The molecule has 1 aromatic heterocycles. The number of aromatic nitrogens is 1. The van der Waals surface area contributed by atoms with E-state index in [0.29, 0.717) is 26.3 Å². The first-order valence-electron chi connectivity index (χ1n) is 10.6. The fraction of sp³-hybridized carbons (Fsp3) is 0.320. The molecule has 0 saturated carbocycles. The maximum atomic E-state index is 13.4. The van der Waals surface area contributed by atoms with Crippen LogP contribution < -0.4 is 5.32 Å². The monoisotopic (exact) mass is 403 g/mol. The maximum absolute atomic E-state index is 13.4. The van der Waals surface area contributed by atoms with Crippen molar-refractivity contribution in [3.8, 4) is 5.69 Å². The van der Waals surface area contributed by atoms with Crippen LogP contribution in [0.3, 0.4) is 0 Å². The van der Waals surface area contributed by atoms with Gasteiger partial charge in [0, 0.05) is 31.6 Å². The Morgan fingerprint density at radius 2 is 1.90 bits per heavy atom. The highest BCUT2D eigenvalue weighted by molar-refractivity contribution is 5.76. The zero-order valence-corrected chi connectivity index (χ0v) is 17.7. The summed E-state index contributed by atoms with van der Waals surface area (Å²) < 4.78 is 7.62. The summed E-state index contributed by atoms with van der Waals surface area (Å²) in [5.74, 6) is 0. The van der Waals surface area contributed by atoms with Gasteiger partial charge in [0.1, 0.15) is 6.04 Å². The van der Waals surface area contributed by atoms with Crippen molar-refractivity contribution in [2.45, 2.75) is 32.9 Å². The number of ether oxygens (including phenoxy) is 1. The molecule has 156 valence electrons. The van der Waals surface area contributed by atoms with Crippen molar-refractivity contribution in [2.24, 2.45) is 0 Å². The molecule has 3 aromatic rings. The van der Waals surface area contributed by atoms with Crippen molar-refractivity contribution >= 4 is 6.03 Å². The van der Waals surface area contributed by atoms with Crippen molar-refractivity contribution in [3.63, 3.8) is 0 Å². The van der Waals surface area contributed by atoms with Crippen molar-refractivity contribution in [1.82, 2.24) is 14.8 Å². The number of benzene rings is 2. The Labute approximate surface area is 178 Å². The lowest BCUT2D eigenvalue weighted by Gasteiger charge is -2.32. The number of nitrogens with one attached hydrogen (secondary N) is 1. The van der Waals surface area contributed by atoms with Gasteiger partial charge in [-0.05, 0) is 55.2 Å². The van der Waals surface area contributed by atoms with Crippen molar-refractivity contribution in [3.05, 3.63) is 89.2 Å². The smallest absolute Gasteiger partial charge is 0.318 e. The molecule has 1 aliphatic rings. The van der Waals surface area contributed by atoms with Gasteiger partial charge in [-0.2, -0.15) is 0 Å². The summed E-state index contributed by atoms with van der Waals surface area (Å²) in [6, 6.07) is 20.6. The Morgan fingerprint density at radius 1 is 1.10 bits per heavy atom. The van der Waals surface area contributed by atoms with Crippen LogP contribution >= 0.6 is 0 Å². The molecule has 5 nitrogen and oxygen atoms in total. The first kappa shape index (κ1) is 20.2. The van der Waals surface area contributed by atoms with Gasteiger partial charge in [-0.1, -0.05) is 42.5 Å². The number of carbonyl (C=O) groups excluding carboxylic acids is 1. The number of fused-ring (bicyclic) bond motifs is 3. The second-order valence-corrected chi connectivity index (χ2v) is 7.60. The Hall–Kier alpha value is -3.05. The third-order valence-corrected chi connectivity index (χ3v) is 5.65. The van der Waals surface area contributed by atoms with Gasteiger partial charge in [-0.3, -0.25) is 0 Å². The van der Waals surface area contributed by atoms with Crippen LogP contribution in [-0.4, -0.2) is 35.3 Å². The summed E-state index contributed by atoms with van der Waals surface area (Å²) in [4.78, 5) is 15.3. The Morgan fingerprint density at radius 3 is 2.73 bits per heavy atom. The van der Waals surface area contributed by atoms with Gasteiger partial charge < -0.3 is 19.5 Å². The summed E-state index contributed by atoms with van der Waals surface area (Å²) in [7, 11) is 0. The molecule has 2 heterocycles. The lowest BCUT2D eigenvalue weighted by atomic mass is 9.97. The summed E-state index contributed by atoms with van der Waals surface area (Å²) in [6.07, 6.45) is 2.89. The SMILES string of the molecule is CCOCCCNC(=O)N1Cc2ccccc2-n2cccc2[C@@H]1c1ccccc1C. The molecule has 0 bridgehead atoms. The first-order valence-corrected chi connectivity index (χ1v) is 10.6. The number of carbonyl (C=O) groups is 1. The van der Waals surface area contributed by atoms with Crippen LogP contribution in [-0.2, 0) is 11.3 Å². The fourth-order valence-electron chi connectivity index (χ4n) is 4.18. The summed E-state index contributed by atoms with van der Waals surface area (Å²) in [6.45, 7) is 6.59. The molecule has 0 unspecified atom stereocenters. The third kappa shape index (κ3) is 3.98. The van der Waals surface area contributed by atoms with Crippen LogP contribution in [0, 0.1) is 6.92 Å². The van der Waals surface area contributed by atoms with E-state index in [2.05, 4.69) is 65.5 Å². The first-order chi connectivity index (χ1) is 14.7. The molecule has 0 aliphatic carbocycles. The largest absolute Gasteiger partial charge is 0.382 e. The van der Waals surface area contributed by atoms with Crippen LogP contribution in [0.15, 0.2) is 66.9 Å². The Bertz CT molecular complexity index is 1010. The Balaban J connectivity index is 1.73. The Kier molecular flexibility index (Phi) is 6.19. The van der Waals surface area contributed by atoms with E-state index in [4.69, 9.17) is 4.74 Å². The van der Waals surface area contributed by atoms with Gasteiger partial charge >= 0.3 is 6.03 Å². The number of nitrogens with zero attached hydrogens (tertiary/aromatic N) is 2. The molecule has 30 heavy (non-hydrogen) atoms. The van der Waals surface area contributed by atoms with E-state index >= 15 is 0 Å². The van der Waals surface area contributed by atoms with Crippen LogP contribution in [0.25, 0.3) is 5.69 Å². The molecule has 1 atom stereocenters. The zero-order valence-electron chi connectivity index (χ0n) is 17.7. The molecule has 0 saturated heterocycles. The van der Waals surface area contributed by atoms with Crippen molar-refractivity contribution < 1.29 is 9.53 Å². The van der Waals surface area contributed by atoms with Crippen LogP contribution in [0.1, 0.15) is 41.8 Å². The van der Waals surface area contributed by atoms with Gasteiger partial charge in [0.15, 0.2) is 0 Å². The summed E-state index contributed by atoms with van der Waals surface area (Å²) in [5, 5.41) is 3.11. The van der Waals surface area contributed by atoms with Gasteiger partial charge in [0.25, 0.3) is 0 Å². The van der Waals surface area contributed by atoms with Crippen LogP contribution in [0.4, 0.5) is 4.79 Å². The van der Waals surface area contributed by atoms with E-state index in [1.54, 1.807) is 0 Å². The second-order valence-electron chi connectivity index (χ2n) is 7.60. The molecule has 0 radical (unpaired) electrons. The molecular weight excluding hydrogens is 374 g/mol. The fourth-order valence-corrected chi connectivity index (χ4v) is 4.18. The van der Waals surface area contributed by atoms with E-state index in [1.165, 1.54) is 5.56 Å². The predicted molar refractivity (Wildman–Crippen MR) is 119 cm³/mol. The van der Waals surface area contributed by atoms with E-state index in [9.17, 15) is 4.79 Å². The highest BCUT2D eigenvalue weighted by Gasteiger charge is 2.33. The molecule has 0 fully saturated rings. The predicted octanol–water partition coefficient (Wildman–Crippen LogP) is 4.83. The van der Waals surface area contributed by atoms with Crippen LogP contribution in [0.2, 0.25) is 0 Å². The number of rotatable bonds is 6. The zero-order chi connectivity index (χ0) is 20.9. The van der Waals surface area contributed by atoms with E-state index < -0.39 is 0 Å². The molecule has 2 amide bonds. The number of hydrogen-bond acceptors (Lipinski definition) is 2. The average molecular weight is 404 g/mol. The molecule has 4 rings (SSSR count). The molecule has 0 spiro atoms. The molecule has 1 N–H and O–H groups in total. The highest BCUT2D eigenvalue weighted by atomic mass is 16.5. The van der Waals surface area contributed by atoms with Gasteiger partial charge in [-0.15, -0.1) is 0 Å². The summed E-state index contributed by atoms with van der Waals surface area (Å²) >= 11 is 0. The minimum Gasteiger partial charge on any atom is -0.382 e. The van der Waals surface area contributed by atoms with Crippen molar-refractivity contribution in [2.75, 3.05) is 19.8 Å². The topological polar surface area (TPSA) is 46.5 Å². The van der Waals surface area contributed by atoms with Gasteiger partial charge in [0.05, 0.1) is 12.2 Å². The minimum atomic E-state index is -0.166. The molecule has 2 aromatic carbocycles. The quantitative estimate of drug-likeness (QED) is 0.600. The number of hydrogen-bond donors (Lipinski definition) is 1. The molecular formula is C25H29N3O2. The van der Waals surface area contributed by atoms with Crippen LogP contribution in [0.5, 0.6) is 0 Å². The number of para-hydroxylation sites is 1. The molecule has 5 heteroatoms. The van der Waals surface area contributed by atoms with E-state index in [1.807, 2.05) is 30.0 Å². The average Bonchev–Trinajstić information content (AvgIpc) is 3.19. The lowest BCUT2D eigenvalue weighted by molar-refractivity contribution is 0.143. The number of amides is 2. The third-order valence-electron chi connectivity index (χ3n) is 5.65. The maximum Gasteiger partial charge on any atom is 0.318 e. The van der Waals surface area contributed by atoms with Gasteiger partial charge in [-0.25, -0.2) is 4.79 Å². The lowest BCUT2D eigenvalue weighted by Crippen LogP contribution is -2.42. The number of urea groups is 1. The van der Waals surface area contributed by atoms with Gasteiger partial charge in [0.2, 0.25) is 0 Å². The highest BCUT2D eigenvalue weighted by Crippen LogP contribution is 2.37. The summed E-state index contributed by atoms with van der Waals surface area (Å²) in [5.41, 5.74) is 5.68. The van der Waals surface area contributed by atoms with Crippen molar-refractivity contribution in [1.29, 1.82) is 0 Å².